The van der Waals surface area contributed by atoms with E-state index in [9.17, 15) is 9.59 Å². The average Bonchev–Trinajstić information content (AvgIpc) is 3.40. The van der Waals surface area contributed by atoms with E-state index in [0.29, 0.717) is 30.6 Å². The van der Waals surface area contributed by atoms with Crippen LogP contribution in [-0.2, 0) is 9.59 Å². The molecule has 0 saturated carbocycles. The summed E-state index contributed by atoms with van der Waals surface area (Å²) in [6.07, 6.45) is 1.17. The van der Waals surface area contributed by atoms with E-state index in [-0.39, 0.29) is 17.6 Å². The highest BCUT2D eigenvalue weighted by Gasteiger charge is 2.27. The number of likely N-dealkylation sites (tertiary alicyclic amines) is 1. The smallest absolute Gasteiger partial charge is 0.239 e. The highest BCUT2D eigenvalue weighted by Crippen LogP contribution is 2.29. The Morgan fingerprint density at radius 1 is 1.10 bits per heavy atom. The van der Waals surface area contributed by atoms with Crippen molar-refractivity contribution in [3.8, 4) is 22.8 Å². The van der Waals surface area contributed by atoms with Crippen molar-refractivity contribution in [1.82, 2.24) is 19.7 Å². The minimum Gasteiger partial charge on any atom is -0.494 e. The summed E-state index contributed by atoms with van der Waals surface area (Å²) in [4.78, 5) is 25.7. The summed E-state index contributed by atoms with van der Waals surface area (Å²) in [5.41, 5.74) is 1.79. The Morgan fingerprint density at radius 2 is 1.87 bits per heavy atom. The van der Waals surface area contributed by atoms with Crippen LogP contribution in [0.4, 0.5) is 0 Å². The maximum absolute atomic E-state index is 12.5. The van der Waals surface area contributed by atoms with Gasteiger partial charge in [-0.1, -0.05) is 42.1 Å². The molecule has 2 aromatic carbocycles. The Balaban J connectivity index is 1.64. The average molecular weight is 423 g/mol. The Morgan fingerprint density at radius 3 is 2.53 bits per heavy atom. The second-order valence-corrected chi connectivity index (χ2v) is 7.71. The molecule has 30 heavy (non-hydrogen) atoms. The van der Waals surface area contributed by atoms with Crippen LogP contribution in [0.25, 0.3) is 17.1 Å². The van der Waals surface area contributed by atoms with Crippen molar-refractivity contribution in [2.75, 3.05) is 18.9 Å². The fraction of sp³-hybridized carbons (Fsp3) is 0.273. The van der Waals surface area contributed by atoms with E-state index in [1.165, 1.54) is 16.7 Å². The molecule has 1 aliphatic heterocycles. The first-order valence-corrected chi connectivity index (χ1v) is 10.9. The van der Waals surface area contributed by atoms with Crippen LogP contribution in [0.5, 0.6) is 5.75 Å². The minimum absolute atomic E-state index is 0.0986. The van der Waals surface area contributed by atoms with Gasteiger partial charge < -0.3 is 4.74 Å². The SMILES string of the molecule is CCOc1ccc(-n2c(SCC(=O)N3CCCC3=O)nnc2-c2ccccc2)cc1. The predicted molar refractivity (Wildman–Crippen MR) is 115 cm³/mol. The zero-order chi connectivity index (χ0) is 20.9. The number of amides is 2. The van der Waals surface area contributed by atoms with Gasteiger partial charge in [-0.05, 0) is 37.6 Å². The molecule has 0 aliphatic carbocycles. The maximum atomic E-state index is 12.5. The number of hydrogen-bond acceptors (Lipinski definition) is 6. The predicted octanol–water partition coefficient (Wildman–Crippen LogP) is 3.57. The van der Waals surface area contributed by atoms with Gasteiger partial charge in [-0.2, -0.15) is 0 Å². The maximum Gasteiger partial charge on any atom is 0.239 e. The number of benzene rings is 2. The molecule has 0 radical (unpaired) electrons. The number of hydrogen-bond donors (Lipinski definition) is 0. The lowest BCUT2D eigenvalue weighted by Gasteiger charge is -2.14. The Labute approximate surface area is 179 Å². The van der Waals surface area contributed by atoms with Crippen LogP contribution in [0.3, 0.4) is 0 Å². The quantitative estimate of drug-likeness (QED) is 0.542. The van der Waals surface area contributed by atoms with Crippen molar-refractivity contribution in [2.24, 2.45) is 0 Å². The highest BCUT2D eigenvalue weighted by atomic mass is 32.2. The highest BCUT2D eigenvalue weighted by molar-refractivity contribution is 7.99. The summed E-state index contributed by atoms with van der Waals surface area (Å²) in [5, 5.41) is 9.31. The summed E-state index contributed by atoms with van der Waals surface area (Å²) >= 11 is 1.28. The zero-order valence-electron chi connectivity index (χ0n) is 16.7. The van der Waals surface area contributed by atoms with E-state index in [0.717, 1.165) is 23.4 Å². The molecule has 0 atom stereocenters. The molecule has 4 rings (SSSR count). The first kappa shape index (κ1) is 20.2. The van der Waals surface area contributed by atoms with Gasteiger partial charge in [0.25, 0.3) is 0 Å². The van der Waals surface area contributed by atoms with Gasteiger partial charge in [0.1, 0.15) is 5.75 Å². The number of carbonyl (C=O) groups excluding carboxylic acids is 2. The Kier molecular flexibility index (Phi) is 6.13. The fourth-order valence-corrected chi connectivity index (χ4v) is 4.17. The van der Waals surface area contributed by atoms with Crippen LogP contribution in [0.1, 0.15) is 19.8 Å². The van der Waals surface area contributed by atoms with Crippen LogP contribution in [-0.4, -0.2) is 50.4 Å². The minimum atomic E-state index is -0.190. The Hall–Kier alpha value is -3.13. The second kappa shape index (κ2) is 9.13. The molecule has 0 spiro atoms. The Bertz CT molecular complexity index is 1030. The normalized spacial score (nSPS) is 13.6. The van der Waals surface area contributed by atoms with Crippen LogP contribution >= 0.6 is 11.8 Å². The zero-order valence-corrected chi connectivity index (χ0v) is 17.5. The van der Waals surface area contributed by atoms with E-state index < -0.39 is 0 Å². The van der Waals surface area contributed by atoms with E-state index in [4.69, 9.17) is 4.74 Å². The van der Waals surface area contributed by atoms with Crippen molar-refractivity contribution in [3.63, 3.8) is 0 Å². The third kappa shape index (κ3) is 4.23. The number of aromatic nitrogens is 3. The summed E-state index contributed by atoms with van der Waals surface area (Å²) in [7, 11) is 0. The lowest BCUT2D eigenvalue weighted by Crippen LogP contribution is -2.33. The van der Waals surface area contributed by atoms with Gasteiger partial charge in [0.2, 0.25) is 11.8 Å². The molecule has 8 heteroatoms. The first-order valence-electron chi connectivity index (χ1n) is 9.87. The van der Waals surface area contributed by atoms with Gasteiger partial charge in [-0.15, -0.1) is 10.2 Å². The number of imide groups is 1. The molecular formula is C22H22N4O3S. The van der Waals surface area contributed by atoms with E-state index in [2.05, 4.69) is 10.2 Å². The molecule has 1 aliphatic rings. The van der Waals surface area contributed by atoms with Gasteiger partial charge in [-0.3, -0.25) is 19.1 Å². The van der Waals surface area contributed by atoms with Crippen molar-refractivity contribution in [2.45, 2.75) is 24.9 Å². The number of ether oxygens (including phenoxy) is 1. The third-order valence-electron chi connectivity index (χ3n) is 4.77. The van der Waals surface area contributed by atoms with Crippen molar-refractivity contribution in [1.29, 1.82) is 0 Å². The molecule has 0 unspecified atom stereocenters. The fourth-order valence-electron chi connectivity index (χ4n) is 3.34. The first-order chi connectivity index (χ1) is 14.7. The summed E-state index contributed by atoms with van der Waals surface area (Å²) in [6, 6.07) is 17.5. The number of rotatable bonds is 7. The van der Waals surface area contributed by atoms with Crippen LogP contribution < -0.4 is 4.74 Å². The lowest BCUT2D eigenvalue weighted by molar-refractivity contribution is -0.140. The summed E-state index contributed by atoms with van der Waals surface area (Å²) < 4.78 is 7.47. The van der Waals surface area contributed by atoms with E-state index in [1.807, 2.05) is 66.1 Å². The van der Waals surface area contributed by atoms with Gasteiger partial charge in [-0.25, -0.2) is 0 Å². The van der Waals surface area contributed by atoms with Crippen molar-refractivity contribution < 1.29 is 14.3 Å². The molecule has 1 saturated heterocycles. The second-order valence-electron chi connectivity index (χ2n) is 6.77. The monoisotopic (exact) mass is 422 g/mol. The van der Waals surface area contributed by atoms with Crippen molar-refractivity contribution in [3.05, 3.63) is 54.6 Å². The number of nitrogens with zero attached hydrogens (tertiary/aromatic N) is 4. The molecule has 1 aromatic heterocycles. The topological polar surface area (TPSA) is 77.3 Å². The molecule has 2 heterocycles. The van der Waals surface area contributed by atoms with Gasteiger partial charge in [0.15, 0.2) is 11.0 Å². The summed E-state index contributed by atoms with van der Waals surface area (Å²) in [5.74, 6) is 1.32. The van der Waals surface area contributed by atoms with Crippen LogP contribution in [0, 0.1) is 0 Å². The standard InChI is InChI=1S/C22H22N4O3S/c1-2-29-18-12-10-17(11-13-18)26-21(16-7-4-3-5-8-16)23-24-22(26)30-15-20(28)25-14-6-9-19(25)27/h3-5,7-8,10-13H,2,6,9,14-15H2,1H3. The van der Waals surface area contributed by atoms with Crippen LogP contribution in [0.2, 0.25) is 0 Å². The third-order valence-corrected chi connectivity index (χ3v) is 5.68. The summed E-state index contributed by atoms with van der Waals surface area (Å²) in [6.45, 7) is 3.04. The van der Waals surface area contributed by atoms with Gasteiger partial charge in [0.05, 0.1) is 12.4 Å². The molecule has 0 bridgehead atoms. The molecule has 3 aromatic rings. The number of carbonyl (C=O) groups is 2. The lowest BCUT2D eigenvalue weighted by atomic mass is 10.2. The van der Waals surface area contributed by atoms with Crippen LogP contribution in [0.15, 0.2) is 59.8 Å². The molecule has 154 valence electrons. The van der Waals surface area contributed by atoms with Crippen molar-refractivity contribution >= 4 is 23.6 Å². The van der Waals surface area contributed by atoms with Gasteiger partial charge >= 0.3 is 0 Å². The molecule has 2 amide bonds. The number of thioether (sulfide) groups is 1. The molecule has 7 nitrogen and oxygen atoms in total. The van der Waals surface area contributed by atoms with E-state index in [1.54, 1.807) is 0 Å². The van der Waals surface area contributed by atoms with E-state index >= 15 is 0 Å². The van der Waals surface area contributed by atoms with Gasteiger partial charge in [0, 0.05) is 24.2 Å². The molecule has 1 fully saturated rings. The molecular weight excluding hydrogens is 400 g/mol. The molecule has 0 N–H and O–H groups in total. The largest absolute Gasteiger partial charge is 0.494 e.